The number of allylic oxidation sites excluding steroid dienone is 3. The molecule has 94 valence electrons. The Morgan fingerprint density at radius 1 is 1.24 bits per heavy atom. The summed E-state index contributed by atoms with van der Waals surface area (Å²) < 4.78 is 5.00. The first-order chi connectivity index (χ1) is 8.20. The lowest BCUT2D eigenvalue weighted by Crippen LogP contribution is -2.26. The van der Waals surface area contributed by atoms with Gasteiger partial charge in [0.1, 0.15) is 0 Å². The van der Waals surface area contributed by atoms with Gasteiger partial charge in [0.25, 0.3) is 5.91 Å². The van der Waals surface area contributed by atoms with Gasteiger partial charge in [-0.15, -0.1) is 0 Å². The number of unbranched alkanes of at least 4 members (excludes halogenated alkanes) is 2. The summed E-state index contributed by atoms with van der Waals surface area (Å²) in [6.45, 7) is 1.99. The van der Waals surface area contributed by atoms with Gasteiger partial charge < -0.3 is 10.1 Å². The number of epoxide rings is 1. The number of likely N-dealkylation sites (N-methyl/N-ethyl adjacent to an activating group) is 1. The molecular weight excluding hydrogens is 218 g/mol. The van der Waals surface area contributed by atoms with Crippen molar-refractivity contribution in [3.8, 4) is 0 Å². The second kappa shape index (κ2) is 7.01. The molecule has 0 aromatic heterocycles. The van der Waals surface area contributed by atoms with Crippen molar-refractivity contribution in [3.63, 3.8) is 0 Å². The Morgan fingerprint density at radius 2 is 1.94 bits per heavy atom. The van der Waals surface area contributed by atoms with E-state index >= 15 is 0 Å². The summed E-state index contributed by atoms with van der Waals surface area (Å²) in [7, 11) is 1.53. The molecule has 1 fully saturated rings. The van der Waals surface area contributed by atoms with Gasteiger partial charge in [0.15, 0.2) is 18.0 Å². The Labute approximate surface area is 102 Å². The molecule has 0 radical (unpaired) electrons. The van der Waals surface area contributed by atoms with E-state index in [4.69, 9.17) is 4.74 Å². The zero-order valence-electron chi connectivity index (χ0n) is 10.3. The third kappa shape index (κ3) is 4.53. The quantitative estimate of drug-likeness (QED) is 0.315. The second-order valence-corrected chi connectivity index (χ2v) is 3.90. The summed E-state index contributed by atoms with van der Waals surface area (Å²) in [5, 5.41) is 2.45. The van der Waals surface area contributed by atoms with E-state index < -0.39 is 12.2 Å². The molecule has 0 aromatic rings. The van der Waals surface area contributed by atoms with Crippen molar-refractivity contribution >= 4 is 11.7 Å². The first-order valence-electron chi connectivity index (χ1n) is 5.89. The number of ether oxygens (including phenoxy) is 1. The molecule has 1 aliphatic heterocycles. The molecule has 0 bridgehead atoms. The molecule has 0 aliphatic carbocycles. The summed E-state index contributed by atoms with van der Waals surface area (Å²) >= 11 is 0. The van der Waals surface area contributed by atoms with E-state index in [-0.39, 0.29) is 11.7 Å². The van der Waals surface area contributed by atoms with Crippen molar-refractivity contribution in [1.29, 1.82) is 0 Å². The molecule has 1 aliphatic rings. The summed E-state index contributed by atoms with van der Waals surface area (Å²) in [4.78, 5) is 22.6. The Bertz CT molecular complexity index is 334. The number of ketones is 1. The van der Waals surface area contributed by atoms with Crippen molar-refractivity contribution in [2.24, 2.45) is 0 Å². The van der Waals surface area contributed by atoms with Gasteiger partial charge in [-0.25, -0.2) is 0 Å². The predicted octanol–water partition coefficient (Wildman–Crippen LogP) is 1.37. The number of nitrogens with one attached hydrogen (secondary N) is 1. The van der Waals surface area contributed by atoms with Crippen LogP contribution in [0.1, 0.15) is 26.2 Å². The molecule has 4 nitrogen and oxygen atoms in total. The monoisotopic (exact) mass is 237 g/mol. The summed E-state index contributed by atoms with van der Waals surface area (Å²) in [5.74, 6) is -0.352. The van der Waals surface area contributed by atoms with Crippen LogP contribution in [-0.4, -0.2) is 30.9 Å². The standard InChI is InChI=1S/C13H19NO3/c1-3-4-5-6-7-8-9-10(15)11-12(17-11)13(16)14-2/h3-4,8-9,11-12H,5-7H2,1-2H3,(H,14,16)/b4-3?,9-8+. The van der Waals surface area contributed by atoms with Crippen LogP contribution in [0.5, 0.6) is 0 Å². The van der Waals surface area contributed by atoms with E-state index in [1.165, 1.54) is 13.1 Å². The van der Waals surface area contributed by atoms with Crippen molar-refractivity contribution < 1.29 is 14.3 Å². The second-order valence-electron chi connectivity index (χ2n) is 3.90. The highest BCUT2D eigenvalue weighted by Gasteiger charge is 2.48. The lowest BCUT2D eigenvalue weighted by atomic mass is 10.1. The molecule has 2 unspecified atom stereocenters. The van der Waals surface area contributed by atoms with Crippen molar-refractivity contribution in [3.05, 3.63) is 24.3 Å². The lowest BCUT2D eigenvalue weighted by molar-refractivity contribution is -0.122. The average Bonchev–Trinajstić information content (AvgIpc) is 3.12. The summed E-state index contributed by atoms with van der Waals surface area (Å²) in [6, 6.07) is 0. The van der Waals surface area contributed by atoms with Gasteiger partial charge >= 0.3 is 0 Å². The number of hydrogen-bond acceptors (Lipinski definition) is 3. The van der Waals surface area contributed by atoms with E-state index in [1.807, 2.05) is 19.1 Å². The number of rotatable bonds is 7. The van der Waals surface area contributed by atoms with Gasteiger partial charge in [-0.1, -0.05) is 18.2 Å². The summed E-state index contributed by atoms with van der Waals surface area (Å²) in [6.07, 6.45) is 9.24. The highest BCUT2D eigenvalue weighted by Crippen LogP contribution is 2.23. The van der Waals surface area contributed by atoms with E-state index in [0.29, 0.717) is 0 Å². The molecule has 0 aromatic carbocycles. The molecule has 1 heterocycles. The Balaban J connectivity index is 2.18. The van der Waals surface area contributed by atoms with Crippen LogP contribution in [-0.2, 0) is 14.3 Å². The van der Waals surface area contributed by atoms with Gasteiger partial charge in [-0.3, -0.25) is 9.59 Å². The average molecular weight is 237 g/mol. The molecule has 0 saturated carbocycles. The van der Waals surface area contributed by atoms with Crippen LogP contribution >= 0.6 is 0 Å². The minimum absolute atomic E-state index is 0.121. The van der Waals surface area contributed by atoms with Gasteiger partial charge in [-0.05, 0) is 32.3 Å². The minimum atomic E-state index is -0.583. The molecule has 1 amide bonds. The zero-order chi connectivity index (χ0) is 12.7. The van der Waals surface area contributed by atoms with Crippen LogP contribution in [0.2, 0.25) is 0 Å². The van der Waals surface area contributed by atoms with Crippen LogP contribution in [0.15, 0.2) is 24.3 Å². The fourth-order valence-electron chi connectivity index (χ4n) is 1.48. The lowest BCUT2D eigenvalue weighted by Gasteiger charge is -1.91. The number of amides is 1. The molecule has 1 rings (SSSR count). The van der Waals surface area contributed by atoms with Crippen molar-refractivity contribution in [1.82, 2.24) is 5.32 Å². The number of carbonyl (C=O) groups is 2. The maximum Gasteiger partial charge on any atom is 0.252 e. The zero-order valence-corrected chi connectivity index (χ0v) is 10.3. The van der Waals surface area contributed by atoms with Crippen LogP contribution in [0.25, 0.3) is 0 Å². The number of hydrogen-bond donors (Lipinski definition) is 1. The fourth-order valence-corrected chi connectivity index (χ4v) is 1.48. The SMILES string of the molecule is CC=CCCC/C=C/C(=O)C1OC1C(=O)NC. The first-order valence-corrected chi connectivity index (χ1v) is 5.89. The van der Waals surface area contributed by atoms with Crippen molar-refractivity contribution in [2.45, 2.75) is 38.4 Å². The van der Waals surface area contributed by atoms with Crippen LogP contribution in [0.3, 0.4) is 0 Å². The smallest absolute Gasteiger partial charge is 0.252 e. The molecule has 4 heteroatoms. The molecule has 17 heavy (non-hydrogen) atoms. The maximum atomic E-state index is 11.5. The normalized spacial score (nSPS) is 23.2. The van der Waals surface area contributed by atoms with Crippen LogP contribution < -0.4 is 5.32 Å². The topological polar surface area (TPSA) is 58.7 Å². The van der Waals surface area contributed by atoms with E-state index in [2.05, 4.69) is 11.4 Å². The Morgan fingerprint density at radius 3 is 2.59 bits per heavy atom. The highest BCUT2D eigenvalue weighted by molar-refractivity contribution is 6.01. The third-order valence-corrected chi connectivity index (χ3v) is 2.54. The van der Waals surface area contributed by atoms with Crippen LogP contribution in [0, 0.1) is 0 Å². The summed E-state index contributed by atoms with van der Waals surface area (Å²) in [5.41, 5.74) is 0. The van der Waals surface area contributed by atoms with Crippen LogP contribution in [0.4, 0.5) is 0 Å². The van der Waals surface area contributed by atoms with E-state index in [0.717, 1.165) is 19.3 Å². The van der Waals surface area contributed by atoms with Gasteiger partial charge in [-0.2, -0.15) is 0 Å². The molecule has 1 saturated heterocycles. The molecular formula is C13H19NO3. The maximum absolute atomic E-state index is 11.5. The molecule has 0 spiro atoms. The highest BCUT2D eigenvalue weighted by atomic mass is 16.6. The largest absolute Gasteiger partial charge is 0.357 e. The van der Waals surface area contributed by atoms with Gasteiger partial charge in [0.05, 0.1) is 0 Å². The van der Waals surface area contributed by atoms with Gasteiger partial charge in [0, 0.05) is 7.05 Å². The third-order valence-electron chi connectivity index (χ3n) is 2.54. The predicted molar refractivity (Wildman–Crippen MR) is 65.5 cm³/mol. The fraction of sp³-hybridized carbons (Fsp3) is 0.538. The Kier molecular flexibility index (Phi) is 5.63. The minimum Gasteiger partial charge on any atom is -0.357 e. The number of carbonyl (C=O) groups excluding carboxylic acids is 2. The van der Waals surface area contributed by atoms with Crippen molar-refractivity contribution in [2.75, 3.05) is 7.05 Å². The Hall–Kier alpha value is -1.42. The van der Waals surface area contributed by atoms with E-state index in [9.17, 15) is 9.59 Å². The van der Waals surface area contributed by atoms with Gasteiger partial charge in [0.2, 0.25) is 0 Å². The van der Waals surface area contributed by atoms with E-state index in [1.54, 1.807) is 0 Å². The first kappa shape index (κ1) is 13.6. The molecule has 1 N–H and O–H groups in total. The molecule has 2 atom stereocenters.